The fourth-order valence-corrected chi connectivity index (χ4v) is 3.94. The maximum Gasteiger partial charge on any atom is 0.107 e. The monoisotopic (exact) mass is 366 g/mol. The van der Waals surface area contributed by atoms with Crippen LogP contribution in [0, 0.1) is 0 Å². The average Bonchev–Trinajstić information content (AvgIpc) is 3.18. The lowest BCUT2D eigenvalue weighted by molar-refractivity contribution is 0.729. The van der Waals surface area contributed by atoms with Gasteiger partial charge in [-0.3, -0.25) is 0 Å². The predicted molar refractivity (Wildman–Crippen MR) is 108 cm³/mol. The number of rotatable bonds is 4. The molecule has 0 spiro atoms. The smallest absolute Gasteiger partial charge is 0.107 e. The van der Waals surface area contributed by atoms with E-state index >= 15 is 0 Å². The van der Waals surface area contributed by atoms with Gasteiger partial charge in [0.25, 0.3) is 0 Å². The maximum atomic E-state index is 6.58. The number of fused-ring (bicyclic) bond motifs is 2. The molecule has 4 rings (SSSR count). The van der Waals surface area contributed by atoms with Crippen LogP contribution in [0.4, 0.5) is 0 Å². The number of aryl methyl sites for hydroxylation is 1. The highest BCUT2D eigenvalue weighted by Gasteiger charge is 2.15. The Hall–Kier alpha value is -2.33. The van der Waals surface area contributed by atoms with Gasteiger partial charge in [0, 0.05) is 13.5 Å². The summed E-state index contributed by atoms with van der Waals surface area (Å²) in [5.41, 5.74) is 6.47. The molecule has 134 valence electrons. The van der Waals surface area contributed by atoms with Crippen molar-refractivity contribution < 1.29 is 0 Å². The third-order valence-electron chi connectivity index (χ3n) is 5.11. The van der Waals surface area contributed by atoms with E-state index in [9.17, 15) is 0 Å². The highest BCUT2D eigenvalue weighted by atomic mass is 35.5. The van der Waals surface area contributed by atoms with Crippen molar-refractivity contribution in [3.05, 3.63) is 58.6 Å². The van der Waals surface area contributed by atoms with E-state index in [1.165, 1.54) is 5.56 Å². The van der Waals surface area contributed by atoms with Gasteiger partial charge in [0.2, 0.25) is 0 Å². The van der Waals surface area contributed by atoms with E-state index < -0.39 is 0 Å². The zero-order valence-corrected chi connectivity index (χ0v) is 16.3. The Morgan fingerprint density at radius 3 is 2.73 bits per heavy atom. The number of nitrogens with one attached hydrogen (secondary N) is 1. The standard InChI is InChI=1S/C21H23ClN4/c1-12(2)15-6-7-16-21(20(15)22)25-19(24-16)9-13(3)14-5-8-18-17(10-14)23-11-26(18)4/h5-8,10-13H,9H2,1-4H3,(H,24,25). The van der Waals surface area contributed by atoms with Crippen LogP contribution in [0.2, 0.25) is 5.02 Å². The van der Waals surface area contributed by atoms with Crippen LogP contribution in [0.25, 0.3) is 22.1 Å². The Morgan fingerprint density at radius 1 is 1.15 bits per heavy atom. The molecular weight excluding hydrogens is 344 g/mol. The van der Waals surface area contributed by atoms with E-state index in [1.54, 1.807) is 0 Å². The topological polar surface area (TPSA) is 46.5 Å². The summed E-state index contributed by atoms with van der Waals surface area (Å²) >= 11 is 6.58. The molecule has 2 heterocycles. The minimum absolute atomic E-state index is 0.338. The summed E-state index contributed by atoms with van der Waals surface area (Å²) in [6, 6.07) is 10.7. The first kappa shape index (κ1) is 17.1. The van der Waals surface area contributed by atoms with Gasteiger partial charge in [0.1, 0.15) is 11.3 Å². The number of hydrogen-bond acceptors (Lipinski definition) is 2. The summed E-state index contributed by atoms with van der Waals surface area (Å²) in [5.74, 6) is 1.69. The number of hydrogen-bond donors (Lipinski definition) is 1. The van der Waals surface area contributed by atoms with E-state index in [2.05, 4.69) is 61.1 Å². The predicted octanol–water partition coefficient (Wildman–Crippen LogP) is 5.57. The molecule has 1 N–H and O–H groups in total. The van der Waals surface area contributed by atoms with Gasteiger partial charge in [0.15, 0.2) is 0 Å². The van der Waals surface area contributed by atoms with E-state index in [1.807, 2.05) is 17.9 Å². The molecule has 5 heteroatoms. The van der Waals surface area contributed by atoms with Crippen molar-refractivity contribution in [3.8, 4) is 0 Å². The molecular formula is C21H23ClN4. The molecule has 2 aromatic carbocycles. The molecule has 0 fully saturated rings. The highest BCUT2D eigenvalue weighted by molar-refractivity contribution is 6.35. The van der Waals surface area contributed by atoms with Crippen molar-refractivity contribution in [1.82, 2.24) is 19.5 Å². The number of H-pyrrole nitrogens is 1. The van der Waals surface area contributed by atoms with Crippen molar-refractivity contribution in [3.63, 3.8) is 0 Å². The first-order valence-electron chi connectivity index (χ1n) is 9.02. The first-order chi connectivity index (χ1) is 12.4. The molecule has 0 saturated heterocycles. The number of aromatic nitrogens is 4. The van der Waals surface area contributed by atoms with E-state index in [4.69, 9.17) is 16.6 Å². The van der Waals surface area contributed by atoms with Crippen LogP contribution in [-0.2, 0) is 13.5 Å². The molecule has 1 unspecified atom stereocenters. The third-order valence-corrected chi connectivity index (χ3v) is 5.51. The molecule has 4 aromatic rings. The summed E-state index contributed by atoms with van der Waals surface area (Å²) in [7, 11) is 2.02. The second kappa shape index (κ2) is 6.44. The largest absolute Gasteiger partial charge is 0.342 e. The van der Waals surface area contributed by atoms with Crippen molar-refractivity contribution in [2.75, 3.05) is 0 Å². The Balaban J connectivity index is 1.64. The van der Waals surface area contributed by atoms with Gasteiger partial charge in [-0.15, -0.1) is 0 Å². The number of imidazole rings is 2. The highest BCUT2D eigenvalue weighted by Crippen LogP contribution is 2.31. The first-order valence-corrected chi connectivity index (χ1v) is 9.39. The average molecular weight is 367 g/mol. The van der Waals surface area contributed by atoms with Crippen LogP contribution in [-0.4, -0.2) is 19.5 Å². The number of halogens is 1. The van der Waals surface area contributed by atoms with Crippen LogP contribution in [0.3, 0.4) is 0 Å². The fraction of sp³-hybridized carbons (Fsp3) is 0.333. The Labute approximate surface area is 158 Å². The summed E-state index contributed by atoms with van der Waals surface area (Å²) in [4.78, 5) is 12.7. The number of benzene rings is 2. The molecule has 0 aliphatic carbocycles. The fourth-order valence-electron chi connectivity index (χ4n) is 3.52. The maximum absolute atomic E-state index is 6.58. The van der Waals surface area contributed by atoms with Gasteiger partial charge in [-0.05, 0) is 41.2 Å². The SMILES string of the molecule is CC(C)c1ccc2[nH]c(CC(C)c3ccc4c(c3)ncn4C)nc2c1Cl. The summed E-state index contributed by atoms with van der Waals surface area (Å²) in [6.07, 6.45) is 2.69. The van der Waals surface area contributed by atoms with Crippen LogP contribution in [0.1, 0.15) is 49.6 Å². The summed E-state index contributed by atoms with van der Waals surface area (Å²) in [6.45, 7) is 6.52. The van der Waals surface area contributed by atoms with Crippen LogP contribution >= 0.6 is 11.6 Å². The Bertz CT molecular complexity index is 1090. The second-order valence-electron chi connectivity index (χ2n) is 7.41. The molecule has 0 aliphatic rings. The Kier molecular flexibility index (Phi) is 4.23. The molecule has 0 saturated carbocycles. The zero-order chi connectivity index (χ0) is 18.4. The van der Waals surface area contributed by atoms with E-state index in [0.717, 1.165) is 44.9 Å². The molecule has 0 amide bonds. The molecule has 0 radical (unpaired) electrons. The normalized spacial score (nSPS) is 13.2. The van der Waals surface area contributed by atoms with Gasteiger partial charge in [-0.25, -0.2) is 9.97 Å². The summed E-state index contributed by atoms with van der Waals surface area (Å²) in [5, 5.41) is 0.766. The minimum atomic E-state index is 0.338. The van der Waals surface area contributed by atoms with Gasteiger partial charge >= 0.3 is 0 Å². The molecule has 0 bridgehead atoms. The molecule has 0 aliphatic heterocycles. The van der Waals surface area contributed by atoms with E-state index in [-0.39, 0.29) is 0 Å². The van der Waals surface area contributed by atoms with Crippen molar-refractivity contribution >= 4 is 33.7 Å². The third kappa shape index (κ3) is 2.88. The lowest BCUT2D eigenvalue weighted by Crippen LogP contribution is -2.00. The van der Waals surface area contributed by atoms with Crippen molar-refractivity contribution in [2.45, 2.75) is 39.0 Å². The Morgan fingerprint density at radius 2 is 1.96 bits per heavy atom. The van der Waals surface area contributed by atoms with Gasteiger partial charge < -0.3 is 9.55 Å². The lowest BCUT2D eigenvalue weighted by Gasteiger charge is -2.10. The van der Waals surface area contributed by atoms with E-state index in [0.29, 0.717) is 11.8 Å². The molecule has 2 aromatic heterocycles. The zero-order valence-electron chi connectivity index (χ0n) is 15.5. The van der Waals surface area contributed by atoms with Crippen LogP contribution in [0.15, 0.2) is 36.7 Å². The minimum Gasteiger partial charge on any atom is -0.342 e. The molecule has 4 nitrogen and oxygen atoms in total. The van der Waals surface area contributed by atoms with Gasteiger partial charge in [-0.1, -0.05) is 44.5 Å². The van der Waals surface area contributed by atoms with Crippen molar-refractivity contribution in [2.24, 2.45) is 7.05 Å². The lowest BCUT2D eigenvalue weighted by atomic mass is 9.97. The number of aromatic amines is 1. The van der Waals surface area contributed by atoms with Crippen molar-refractivity contribution in [1.29, 1.82) is 0 Å². The molecule has 1 atom stereocenters. The van der Waals surface area contributed by atoms with Gasteiger partial charge in [-0.2, -0.15) is 0 Å². The van der Waals surface area contributed by atoms with Crippen LogP contribution < -0.4 is 0 Å². The quantitative estimate of drug-likeness (QED) is 0.513. The second-order valence-corrected chi connectivity index (χ2v) is 7.79. The number of nitrogens with zero attached hydrogens (tertiary/aromatic N) is 3. The molecule has 26 heavy (non-hydrogen) atoms. The van der Waals surface area contributed by atoms with Crippen LogP contribution in [0.5, 0.6) is 0 Å². The summed E-state index contributed by atoms with van der Waals surface area (Å²) < 4.78 is 2.04. The van der Waals surface area contributed by atoms with Gasteiger partial charge in [0.05, 0.1) is 27.9 Å².